The van der Waals surface area contributed by atoms with Crippen LogP contribution in [0.25, 0.3) is 6.08 Å². The van der Waals surface area contributed by atoms with Gasteiger partial charge in [-0.2, -0.15) is 0 Å². The first kappa shape index (κ1) is 13.0. The minimum Gasteiger partial charge on any atom is -0.496 e. The molecule has 17 heavy (non-hydrogen) atoms. The van der Waals surface area contributed by atoms with Gasteiger partial charge in [-0.1, -0.05) is 0 Å². The summed E-state index contributed by atoms with van der Waals surface area (Å²) in [5.41, 5.74) is 2.56. The zero-order valence-corrected chi connectivity index (χ0v) is 10.2. The number of rotatable bonds is 4. The van der Waals surface area contributed by atoms with E-state index >= 15 is 0 Å². The molecule has 0 aromatic heterocycles. The van der Waals surface area contributed by atoms with Gasteiger partial charge < -0.3 is 9.84 Å². The van der Waals surface area contributed by atoms with Crippen LogP contribution in [-0.2, 0) is 0 Å². The van der Waals surface area contributed by atoms with Gasteiger partial charge in [-0.15, -0.1) is 0 Å². The maximum absolute atomic E-state index is 11.0. The van der Waals surface area contributed by atoms with E-state index in [4.69, 9.17) is 9.84 Å². The molecule has 0 saturated heterocycles. The molecule has 4 nitrogen and oxygen atoms in total. The van der Waals surface area contributed by atoms with Crippen LogP contribution in [0.15, 0.2) is 22.8 Å². The molecule has 0 unspecified atom stereocenters. The fraction of sp³-hybridized carbons (Fsp3) is 0.231. The lowest BCUT2D eigenvalue weighted by molar-refractivity contribution is 0.0696. The number of hydrogen-bond donors (Lipinski definition) is 1. The summed E-state index contributed by atoms with van der Waals surface area (Å²) in [5, 5.41) is 9.00. The number of carboxylic acid groups (broad SMARTS) is 1. The molecular formula is C13H15NO3. The van der Waals surface area contributed by atoms with E-state index in [9.17, 15) is 4.79 Å². The van der Waals surface area contributed by atoms with Gasteiger partial charge in [0.15, 0.2) is 0 Å². The Hall–Kier alpha value is -2.10. The van der Waals surface area contributed by atoms with Crippen LogP contribution in [0, 0.1) is 6.92 Å². The van der Waals surface area contributed by atoms with E-state index in [1.165, 1.54) is 13.2 Å². The number of benzene rings is 1. The number of carbonyl (C=O) groups is 1. The summed E-state index contributed by atoms with van der Waals surface area (Å²) in [5.74, 6) is -0.435. The molecule has 4 heteroatoms. The smallest absolute Gasteiger partial charge is 0.335 e. The van der Waals surface area contributed by atoms with E-state index in [1.807, 2.05) is 6.92 Å². The predicted octanol–water partition coefficient (Wildman–Crippen LogP) is 2.76. The van der Waals surface area contributed by atoms with Crippen LogP contribution in [-0.4, -0.2) is 24.9 Å². The zero-order chi connectivity index (χ0) is 13.0. The van der Waals surface area contributed by atoms with Crippen molar-refractivity contribution in [3.8, 4) is 5.75 Å². The second-order valence-corrected chi connectivity index (χ2v) is 3.64. The third-order valence-corrected chi connectivity index (χ3v) is 2.48. The number of allylic oxidation sites excluding steroid dienone is 1. The van der Waals surface area contributed by atoms with Crippen molar-refractivity contribution in [2.45, 2.75) is 13.8 Å². The molecule has 1 aromatic carbocycles. The average molecular weight is 233 g/mol. The number of methoxy groups -OCH3 is 1. The summed E-state index contributed by atoms with van der Waals surface area (Å²) in [6.45, 7) is 7.09. The van der Waals surface area contributed by atoms with Crippen LogP contribution in [0.2, 0.25) is 0 Å². The van der Waals surface area contributed by atoms with E-state index in [2.05, 4.69) is 11.7 Å². The fourth-order valence-corrected chi connectivity index (χ4v) is 1.47. The molecule has 0 aliphatic rings. The first-order valence-corrected chi connectivity index (χ1v) is 5.06. The summed E-state index contributed by atoms with van der Waals surface area (Å²) < 4.78 is 5.15. The lowest BCUT2D eigenvalue weighted by atomic mass is 10.0. The van der Waals surface area contributed by atoms with E-state index < -0.39 is 5.97 Å². The standard InChI is InChI=1S/C13H15NO3/c1-8(14-3)5-10-6-11(13(15)16)7-12(17-4)9(10)2/h5-7H,3H2,1-2,4H3,(H,15,16)/b8-5-. The Morgan fingerprint density at radius 3 is 2.65 bits per heavy atom. The van der Waals surface area contributed by atoms with Crippen molar-refractivity contribution in [2.24, 2.45) is 4.99 Å². The highest BCUT2D eigenvalue weighted by Gasteiger charge is 2.10. The van der Waals surface area contributed by atoms with Crippen molar-refractivity contribution >= 4 is 18.8 Å². The minimum atomic E-state index is -0.984. The second-order valence-electron chi connectivity index (χ2n) is 3.64. The number of carboxylic acids is 1. The molecule has 0 spiro atoms. The van der Waals surface area contributed by atoms with Gasteiger partial charge in [0.05, 0.1) is 12.7 Å². The van der Waals surface area contributed by atoms with Crippen molar-refractivity contribution in [2.75, 3.05) is 7.11 Å². The summed E-state index contributed by atoms with van der Waals surface area (Å²) in [6, 6.07) is 3.10. The topological polar surface area (TPSA) is 58.9 Å². The van der Waals surface area contributed by atoms with Crippen molar-refractivity contribution in [3.05, 3.63) is 34.5 Å². The molecule has 1 N–H and O–H groups in total. The fourth-order valence-electron chi connectivity index (χ4n) is 1.47. The number of aromatic carboxylic acids is 1. The third-order valence-electron chi connectivity index (χ3n) is 2.48. The summed E-state index contributed by atoms with van der Waals surface area (Å²) in [7, 11) is 1.51. The molecule has 0 atom stereocenters. The van der Waals surface area contributed by atoms with Crippen LogP contribution in [0.4, 0.5) is 0 Å². The van der Waals surface area contributed by atoms with E-state index in [-0.39, 0.29) is 5.56 Å². The predicted molar refractivity (Wildman–Crippen MR) is 67.9 cm³/mol. The SMILES string of the molecule is C=N/C(C)=C\c1cc(C(=O)O)cc(OC)c1C. The molecule has 90 valence electrons. The number of nitrogens with zero attached hydrogens (tertiary/aromatic N) is 1. The zero-order valence-electron chi connectivity index (χ0n) is 10.2. The lowest BCUT2D eigenvalue weighted by Crippen LogP contribution is -2.00. The molecule has 1 aromatic rings. The molecular weight excluding hydrogens is 218 g/mol. The lowest BCUT2D eigenvalue weighted by Gasteiger charge is -2.09. The Balaban J connectivity index is 3.42. The van der Waals surface area contributed by atoms with Crippen LogP contribution in [0.1, 0.15) is 28.4 Å². The van der Waals surface area contributed by atoms with Crippen molar-refractivity contribution in [1.82, 2.24) is 0 Å². The van der Waals surface area contributed by atoms with Gasteiger partial charge in [0.2, 0.25) is 0 Å². The molecule has 0 amide bonds. The van der Waals surface area contributed by atoms with Crippen molar-refractivity contribution in [3.63, 3.8) is 0 Å². The minimum absolute atomic E-state index is 0.190. The molecule has 0 aliphatic heterocycles. The van der Waals surface area contributed by atoms with E-state index in [1.54, 1.807) is 19.1 Å². The summed E-state index contributed by atoms with van der Waals surface area (Å²) in [4.78, 5) is 14.8. The maximum Gasteiger partial charge on any atom is 0.335 e. The van der Waals surface area contributed by atoms with Gasteiger partial charge in [-0.05, 0) is 49.9 Å². The van der Waals surface area contributed by atoms with Gasteiger partial charge in [-0.3, -0.25) is 4.99 Å². The number of aliphatic imine (C=N–C) groups is 1. The van der Waals surface area contributed by atoms with Crippen molar-refractivity contribution in [1.29, 1.82) is 0 Å². The average Bonchev–Trinajstić information content (AvgIpc) is 2.31. The Morgan fingerprint density at radius 1 is 1.53 bits per heavy atom. The first-order valence-electron chi connectivity index (χ1n) is 5.06. The van der Waals surface area contributed by atoms with Gasteiger partial charge >= 0.3 is 5.97 Å². The van der Waals surface area contributed by atoms with Crippen molar-refractivity contribution < 1.29 is 14.6 Å². The highest BCUT2D eigenvalue weighted by Crippen LogP contribution is 2.25. The maximum atomic E-state index is 11.0. The largest absolute Gasteiger partial charge is 0.496 e. The number of hydrogen-bond acceptors (Lipinski definition) is 3. The Bertz CT molecular complexity index is 490. The quantitative estimate of drug-likeness (QED) is 0.813. The highest BCUT2D eigenvalue weighted by atomic mass is 16.5. The molecule has 1 rings (SSSR count). The summed E-state index contributed by atoms with van der Waals surface area (Å²) >= 11 is 0. The Labute approximate surface area is 100 Å². The first-order chi connectivity index (χ1) is 7.99. The van der Waals surface area contributed by atoms with Crippen LogP contribution >= 0.6 is 0 Å². The second kappa shape index (κ2) is 5.30. The van der Waals surface area contributed by atoms with Crippen LogP contribution in [0.3, 0.4) is 0 Å². The van der Waals surface area contributed by atoms with Crippen LogP contribution in [0.5, 0.6) is 5.75 Å². The van der Waals surface area contributed by atoms with Gasteiger partial charge in [0.1, 0.15) is 5.75 Å². The molecule has 0 radical (unpaired) electrons. The molecule has 0 bridgehead atoms. The molecule has 0 aliphatic carbocycles. The van der Waals surface area contributed by atoms with Crippen LogP contribution < -0.4 is 4.74 Å². The number of ether oxygens (including phenoxy) is 1. The highest BCUT2D eigenvalue weighted by molar-refractivity contribution is 5.89. The molecule has 0 saturated carbocycles. The normalized spacial score (nSPS) is 11.1. The molecule has 0 fully saturated rings. The molecule has 0 heterocycles. The van der Waals surface area contributed by atoms with E-state index in [0.29, 0.717) is 5.75 Å². The monoisotopic (exact) mass is 233 g/mol. The summed E-state index contributed by atoms with van der Waals surface area (Å²) in [6.07, 6.45) is 1.78. The Kier molecular flexibility index (Phi) is 4.04. The van der Waals surface area contributed by atoms with Gasteiger partial charge in [0.25, 0.3) is 0 Å². The third kappa shape index (κ3) is 2.93. The Morgan fingerprint density at radius 2 is 2.18 bits per heavy atom. The van der Waals surface area contributed by atoms with Gasteiger partial charge in [0, 0.05) is 5.70 Å². The van der Waals surface area contributed by atoms with E-state index in [0.717, 1.165) is 16.8 Å². The van der Waals surface area contributed by atoms with Gasteiger partial charge in [-0.25, -0.2) is 4.79 Å².